The molecule has 70 valence electrons. The van der Waals surface area contributed by atoms with Crippen LogP contribution in [0.3, 0.4) is 0 Å². The van der Waals surface area contributed by atoms with Gasteiger partial charge in [-0.05, 0) is 38.0 Å². The summed E-state index contributed by atoms with van der Waals surface area (Å²) >= 11 is 0. The molecular weight excluding hydrogens is 153 g/mol. The lowest BCUT2D eigenvalue weighted by molar-refractivity contribution is 0.218. The summed E-state index contributed by atoms with van der Waals surface area (Å²) in [6.07, 6.45) is 4.65. The molecule has 0 aromatic heterocycles. The van der Waals surface area contributed by atoms with E-state index in [1.807, 2.05) is 0 Å². The second-order valence-corrected chi connectivity index (χ2v) is 4.55. The van der Waals surface area contributed by atoms with Gasteiger partial charge in [-0.1, -0.05) is 6.92 Å². The second kappa shape index (κ2) is 3.33. The monoisotopic (exact) mass is 171 g/mol. The smallest absolute Gasteiger partial charge is 0.102 e. The molecule has 2 atom stereocenters. The van der Waals surface area contributed by atoms with Crippen LogP contribution in [0.1, 0.15) is 39.0 Å². The van der Waals surface area contributed by atoms with Crippen molar-refractivity contribution in [2.45, 2.75) is 57.3 Å². The SMILES string of the molecule is CC1CC(NC2CCC(F)C2)C1. The standard InChI is InChI=1S/C10H18FN/c1-7-4-10(5-7)12-9-3-2-8(11)6-9/h7-10,12H,2-6H2,1H3. The van der Waals surface area contributed by atoms with E-state index >= 15 is 0 Å². The van der Waals surface area contributed by atoms with E-state index in [4.69, 9.17) is 0 Å². The normalized spacial score (nSPS) is 47.5. The van der Waals surface area contributed by atoms with Crippen LogP contribution in [-0.4, -0.2) is 18.3 Å². The molecule has 12 heavy (non-hydrogen) atoms. The van der Waals surface area contributed by atoms with Gasteiger partial charge in [0.25, 0.3) is 0 Å². The number of hydrogen-bond acceptors (Lipinski definition) is 1. The quantitative estimate of drug-likeness (QED) is 0.672. The van der Waals surface area contributed by atoms with Crippen LogP contribution in [0.2, 0.25) is 0 Å². The zero-order chi connectivity index (χ0) is 8.55. The molecule has 2 saturated carbocycles. The Kier molecular flexibility index (Phi) is 2.35. The van der Waals surface area contributed by atoms with Crippen LogP contribution >= 0.6 is 0 Å². The summed E-state index contributed by atoms with van der Waals surface area (Å²) in [5.41, 5.74) is 0. The van der Waals surface area contributed by atoms with E-state index < -0.39 is 6.17 Å². The molecule has 2 aliphatic rings. The van der Waals surface area contributed by atoms with Gasteiger partial charge in [0.2, 0.25) is 0 Å². The summed E-state index contributed by atoms with van der Waals surface area (Å²) in [7, 11) is 0. The Hall–Kier alpha value is -0.110. The number of alkyl halides is 1. The van der Waals surface area contributed by atoms with Gasteiger partial charge in [0.05, 0.1) is 0 Å². The van der Waals surface area contributed by atoms with Gasteiger partial charge < -0.3 is 5.32 Å². The van der Waals surface area contributed by atoms with Gasteiger partial charge in [-0.2, -0.15) is 0 Å². The molecule has 2 fully saturated rings. The van der Waals surface area contributed by atoms with Crippen molar-refractivity contribution in [1.82, 2.24) is 5.32 Å². The van der Waals surface area contributed by atoms with E-state index in [-0.39, 0.29) is 0 Å². The minimum absolute atomic E-state index is 0.484. The van der Waals surface area contributed by atoms with Crippen LogP contribution in [-0.2, 0) is 0 Å². The maximum absolute atomic E-state index is 12.8. The second-order valence-electron chi connectivity index (χ2n) is 4.55. The Labute approximate surface area is 73.7 Å². The van der Waals surface area contributed by atoms with Gasteiger partial charge in [0.15, 0.2) is 0 Å². The van der Waals surface area contributed by atoms with Gasteiger partial charge in [-0.25, -0.2) is 4.39 Å². The molecule has 2 aliphatic carbocycles. The molecule has 0 spiro atoms. The highest BCUT2D eigenvalue weighted by molar-refractivity contribution is 4.88. The number of hydrogen-bond donors (Lipinski definition) is 1. The molecule has 2 unspecified atom stereocenters. The van der Waals surface area contributed by atoms with Crippen LogP contribution in [0.4, 0.5) is 4.39 Å². The summed E-state index contributed by atoms with van der Waals surface area (Å²) in [6, 6.07) is 1.19. The first kappa shape index (κ1) is 8.49. The van der Waals surface area contributed by atoms with Crippen molar-refractivity contribution in [2.75, 3.05) is 0 Å². The Balaban J connectivity index is 1.67. The van der Waals surface area contributed by atoms with Crippen LogP contribution in [0.15, 0.2) is 0 Å². The minimum atomic E-state index is -0.528. The number of nitrogens with one attached hydrogen (secondary N) is 1. The first-order valence-corrected chi connectivity index (χ1v) is 5.14. The molecule has 2 heteroatoms. The molecule has 0 amide bonds. The van der Waals surface area contributed by atoms with Crippen molar-refractivity contribution in [3.8, 4) is 0 Å². The lowest BCUT2D eigenvalue weighted by Gasteiger charge is -2.35. The third-order valence-corrected chi connectivity index (χ3v) is 3.21. The van der Waals surface area contributed by atoms with E-state index in [1.165, 1.54) is 12.8 Å². The Morgan fingerprint density at radius 3 is 2.33 bits per heavy atom. The van der Waals surface area contributed by atoms with Crippen molar-refractivity contribution in [1.29, 1.82) is 0 Å². The van der Waals surface area contributed by atoms with E-state index in [2.05, 4.69) is 12.2 Å². The molecule has 0 aromatic rings. The Bertz CT molecular complexity index is 154. The highest BCUT2D eigenvalue weighted by atomic mass is 19.1. The van der Waals surface area contributed by atoms with Crippen molar-refractivity contribution >= 4 is 0 Å². The zero-order valence-electron chi connectivity index (χ0n) is 7.72. The fourth-order valence-corrected chi connectivity index (χ4v) is 2.45. The predicted molar refractivity (Wildman–Crippen MR) is 47.9 cm³/mol. The fraction of sp³-hybridized carbons (Fsp3) is 1.00. The third kappa shape index (κ3) is 1.79. The summed E-state index contributed by atoms with van der Waals surface area (Å²) in [5.74, 6) is 0.894. The molecule has 0 radical (unpaired) electrons. The Morgan fingerprint density at radius 2 is 1.83 bits per heavy atom. The highest BCUT2D eigenvalue weighted by Crippen LogP contribution is 2.29. The molecule has 0 aromatic carbocycles. The highest BCUT2D eigenvalue weighted by Gasteiger charge is 2.30. The van der Waals surface area contributed by atoms with E-state index in [9.17, 15) is 4.39 Å². The van der Waals surface area contributed by atoms with Crippen LogP contribution in [0, 0.1) is 5.92 Å². The van der Waals surface area contributed by atoms with Gasteiger partial charge >= 0.3 is 0 Å². The average molecular weight is 171 g/mol. The van der Waals surface area contributed by atoms with Crippen LogP contribution in [0.25, 0.3) is 0 Å². The van der Waals surface area contributed by atoms with Gasteiger partial charge in [-0.15, -0.1) is 0 Å². The maximum atomic E-state index is 12.8. The molecule has 0 saturated heterocycles. The van der Waals surface area contributed by atoms with Crippen molar-refractivity contribution in [3.05, 3.63) is 0 Å². The topological polar surface area (TPSA) is 12.0 Å². The lowest BCUT2D eigenvalue weighted by Crippen LogP contribution is -2.44. The molecule has 0 aliphatic heterocycles. The average Bonchev–Trinajstić information content (AvgIpc) is 2.33. The summed E-state index contributed by atoms with van der Waals surface area (Å²) in [4.78, 5) is 0. The molecular formula is C10H18FN. The fourth-order valence-electron chi connectivity index (χ4n) is 2.45. The predicted octanol–water partition coefficient (Wildman–Crippen LogP) is 2.27. The first-order valence-electron chi connectivity index (χ1n) is 5.14. The zero-order valence-corrected chi connectivity index (χ0v) is 7.72. The third-order valence-electron chi connectivity index (χ3n) is 3.21. The van der Waals surface area contributed by atoms with E-state index in [0.29, 0.717) is 12.1 Å². The molecule has 1 nitrogen and oxygen atoms in total. The maximum Gasteiger partial charge on any atom is 0.102 e. The van der Waals surface area contributed by atoms with E-state index in [0.717, 1.165) is 25.2 Å². The van der Waals surface area contributed by atoms with Crippen LogP contribution in [0.5, 0.6) is 0 Å². The molecule has 0 heterocycles. The van der Waals surface area contributed by atoms with Crippen LogP contribution < -0.4 is 5.32 Å². The van der Waals surface area contributed by atoms with E-state index in [1.54, 1.807) is 0 Å². The molecule has 1 N–H and O–H groups in total. The first-order chi connectivity index (χ1) is 5.74. The van der Waals surface area contributed by atoms with Crippen molar-refractivity contribution in [2.24, 2.45) is 5.92 Å². The number of halogens is 1. The van der Waals surface area contributed by atoms with Gasteiger partial charge in [0.1, 0.15) is 6.17 Å². The summed E-state index contributed by atoms with van der Waals surface area (Å²) in [6.45, 7) is 2.28. The van der Waals surface area contributed by atoms with Gasteiger partial charge in [-0.3, -0.25) is 0 Å². The van der Waals surface area contributed by atoms with Crippen molar-refractivity contribution < 1.29 is 4.39 Å². The van der Waals surface area contributed by atoms with Gasteiger partial charge in [0, 0.05) is 12.1 Å². The lowest BCUT2D eigenvalue weighted by atomic mass is 9.81. The largest absolute Gasteiger partial charge is 0.311 e. The summed E-state index contributed by atoms with van der Waals surface area (Å²) in [5, 5.41) is 3.54. The molecule has 0 bridgehead atoms. The summed E-state index contributed by atoms with van der Waals surface area (Å²) < 4.78 is 12.8. The Morgan fingerprint density at radius 1 is 1.08 bits per heavy atom. The molecule has 2 rings (SSSR count). The number of rotatable bonds is 2. The van der Waals surface area contributed by atoms with Crippen molar-refractivity contribution in [3.63, 3.8) is 0 Å². The minimum Gasteiger partial charge on any atom is -0.311 e.